The Balaban J connectivity index is 0.000000467. The summed E-state index contributed by atoms with van der Waals surface area (Å²) >= 11 is 0. The van der Waals surface area contributed by atoms with E-state index in [0.717, 1.165) is 72.9 Å². The van der Waals surface area contributed by atoms with Crippen molar-refractivity contribution in [2.75, 3.05) is 0 Å². The van der Waals surface area contributed by atoms with Crippen molar-refractivity contribution in [1.29, 1.82) is 0 Å². The van der Waals surface area contributed by atoms with Gasteiger partial charge in [0.1, 0.15) is 20.2 Å². The molecule has 0 saturated heterocycles. The molecule has 0 aliphatic heterocycles. The van der Waals surface area contributed by atoms with E-state index in [1.54, 1.807) is 12.1 Å². The molecule has 0 heterocycles. The molecule has 0 atom stereocenters. The summed E-state index contributed by atoms with van der Waals surface area (Å²) in [5.41, 5.74) is 5.14. The quantitative estimate of drug-likeness (QED) is 0.0251. The first-order valence-corrected chi connectivity index (χ1v) is 30.8. The third kappa shape index (κ3) is 27.6. The smallest absolute Gasteiger partial charge is 0.744 e. The Morgan fingerprint density at radius 2 is 0.565 bits per heavy atom. The monoisotopic (exact) mass is 1110 g/mol. The fourth-order valence-corrected chi connectivity index (χ4v) is 10.8. The SMILES string of the molecule is CCCCCCCCCCc1cc(CCCCCCCCCC)c2ccc(S(=O)(=O)[O-])cc2c1.CCCCCCCCCCc1cc(CCCCCCCCCC)c2ccc(S(=O)(=O)[O-])cc2c1.[Ba+2]. The Bertz CT molecular complexity index is 2030. The molecule has 0 radical (unpaired) electrons. The number of benzene rings is 4. The number of hydrogen-bond acceptors (Lipinski definition) is 6. The van der Waals surface area contributed by atoms with E-state index in [0.29, 0.717) is 0 Å². The number of aryl methyl sites for hydroxylation is 4. The van der Waals surface area contributed by atoms with Crippen molar-refractivity contribution >= 4 is 90.7 Å². The van der Waals surface area contributed by atoms with Crippen molar-refractivity contribution in [2.45, 2.75) is 269 Å². The molecular formula is C60H94BaO6S2. The molecule has 0 unspecified atom stereocenters. The number of unbranched alkanes of at least 4 members (excludes halogenated alkanes) is 28. The van der Waals surface area contributed by atoms with Crippen molar-refractivity contribution in [3.63, 3.8) is 0 Å². The summed E-state index contributed by atoms with van der Waals surface area (Å²) in [6, 6.07) is 18.6. The molecule has 0 fully saturated rings. The zero-order valence-corrected chi connectivity index (χ0v) is 50.3. The number of fused-ring (bicyclic) bond motifs is 2. The minimum Gasteiger partial charge on any atom is -0.744 e. The Morgan fingerprint density at radius 3 is 0.826 bits per heavy atom. The van der Waals surface area contributed by atoms with Gasteiger partial charge in [-0.25, -0.2) is 16.8 Å². The van der Waals surface area contributed by atoms with Crippen LogP contribution in [0.3, 0.4) is 0 Å². The van der Waals surface area contributed by atoms with Crippen LogP contribution in [-0.2, 0) is 45.9 Å². The van der Waals surface area contributed by atoms with E-state index in [-0.39, 0.29) is 58.7 Å². The zero-order chi connectivity index (χ0) is 49.3. The molecule has 9 heteroatoms. The van der Waals surface area contributed by atoms with Crippen LogP contribution in [0.5, 0.6) is 0 Å². The molecule has 0 aliphatic rings. The maximum atomic E-state index is 11.6. The van der Waals surface area contributed by atoms with Gasteiger partial charge in [0.2, 0.25) is 0 Å². The Labute approximate surface area is 463 Å². The van der Waals surface area contributed by atoms with Crippen LogP contribution in [0, 0.1) is 0 Å². The van der Waals surface area contributed by atoms with Crippen LogP contribution in [0.2, 0.25) is 0 Å². The third-order valence-corrected chi connectivity index (χ3v) is 15.6. The van der Waals surface area contributed by atoms with E-state index in [4.69, 9.17) is 0 Å². The molecule has 0 bridgehead atoms. The third-order valence-electron chi connectivity index (χ3n) is 14.0. The molecule has 4 aromatic carbocycles. The van der Waals surface area contributed by atoms with Gasteiger partial charge < -0.3 is 9.11 Å². The molecule has 384 valence electrons. The van der Waals surface area contributed by atoms with E-state index in [1.165, 1.54) is 214 Å². The van der Waals surface area contributed by atoms with Crippen molar-refractivity contribution in [3.05, 3.63) is 82.9 Å². The van der Waals surface area contributed by atoms with Crippen LogP contribution >= 0.6 is 0 Å². The average Bonchev–Trinajstić information content (AvgIpc) is 3.31. The predicted molar refractivity (Wildman–Crippen MR) is 295 cm³/mol. The van der Waals surface area contributed by atoms with Gasteiger partial charge in [-0.1, -0.05) is 244 Å². The second-order valence-corrected chi connectivity index (χ2v) is 22.8. The summed E-state index contributed by atoms with van der Waals surface area (Å²) in [6.45, 7) is 9.01. The minimum absolute atomic E-state index is 0. The Morgan fingerprint density at radius 1 is 0.319 bits per heavy atom. The van der Waals surface area contributed by atoms with Gasteiger partial charge in [-0.05, 0) is 119 Å². The van der Waals surface area contributed by atoms with Gasteiger partial charge in [0, 0.05) is 0 Å². The first-order chi connectivity index (χ1) is 32.9. The van der Waals surface area contributed by atoms with Gasteiger partial charge in [-0.2, -0.15) is 0 Å². The summed E-state index contributed by atoms with van der Waals surface area (Å²) < 4.78 is 69.4. The second-order valence-electron chi connectivity index (χ2n) is 20.1. The molecule has 4 rings (SSSR count). The fraction of sp³-hybridized carbons (Fsp3) is 0.667. The number of rotatable bonds is 38. The van der Waals surface area contributed by atoms with Crippen LogP contribution in [0.25, 0.3) is 21.5 Å². The van der Waals surface area contributed by atoms with Crippen LogP contribution in [-0.4, -0.2) is 74.8 Å². The first-order valence-electron chi connectivity index (χ1n) is 27.9. The molecule has 0 aliphatic carbocycles. The minimum atomic E-state index is -4.44. The van der Waals surface area contributed by atoms with Gasteiger partial charge in [0.15, 0.2) is 0 Å². The van der Waals surface area contributed by atoms with E-state index in [9.17, 15) is 25.9 Å². The second kappa shape index (κ2) is 38.4. The maximum absolute atomic E-state index is 11.6. The Kier molecular flexibility index (Phi) is 35.5. The normalized spacial score (nSPS) is 11.8. The molecule has 4 aromatic rings. The van der Waals surface area contributed by atoms with Crippen LogP contribution in [0.4, 0.5) is 0 Å². The fourth-order valence-electron chi connectivity index (χ4n) is 9.83. The van der Waals surface area contributed by atoms with Gasteiger partial charge >= 0.3 is 48.9 Å². The molecule has 0 saturated carbocycles. The molecule has 69 heavy (non-hydrogen) atoms. The van der Waals surface area contributed by atoms with Crippen molar-refractivity contribution in [2.24, 2.45) is 0 Å². The van der Waals surface area contributed by atoms with Gasteiger partial charge in [-0.3, -0.25) is 0 Å². The number of hydrogen-bond donors (Lipinski definition) is 0. The molecular weight excluding hydrogens is 1020 g/mol. The van der Waals surface area contributed by atoms with Crippen LogP contribution in [0.15, 0.2) is 70.5 Å². The maximum Gasteiger partial charge on any atom is 2.00 e. The molecule has 0 spiro atoms. The first kappa shape index (κ1) is 63.9. The summed E-state index contributed by atoms with van der Waals surface area (Å²) in [4.78, 5) is -0.246. The van der Waals surface area contributed by atoms with E-state index < -0.39 is 20.2 Å². The van der Waals surface area contributed by atoms with Crippen molar-refractivity contribution < 1.29 is 25.9 Å². The summed E-state index contributed by atoms with van der Waals surface area (Å²) in [5, 5.41) is 3.97. The van der Waals surface area contributed by atoms with Crippen LogP contribution < -0.4 is 0 Å². The van der Waals surface area contributed by atoms with E-state index >= 15 is 0 Å². The molecule has 0 amide bonds. The predicted octanol–water partition coefficient (Wildman–Crippen LogP) is 17.8. The zero-order valence-electron chi connectivity index (χ0n) is 44.2. The molecule has 6 nitrogen and oxygen atoms in total. The molecule has 0 N–H and O–H groups in total. The van der Waals surface area contributed by atoms with Gasteiger partial charge in [-0.15, -0.1) is 0 Å². The summed E-state index contributed by atoms with van der Waals surface area (Å²) in [6.07, 6.45) is 45.5. The van der Waals surface area contributed by atoms with Gasteiger partial charge in [0.05, 0.1) is 9.79 Å². The Hall–Kier alpha value is -1.21. The standard InChI is InChI=1S/2C30H48O3S.Ba/c2*1-3-5-7-9-11-13-15-17-19-26-23-27(20-18-16-14-12-10-8-6-4-2)30-22-21-29(34(31,32)33)25-28(30)24-26;/h2*21-25H,3-20H2,1-2H3,(H,31,32,33);/q;;+2/p-2. The largest absolute Gasteiger partial charge is 2.00 e. The van der Waals surface area contributed by atoms with Crippen LogP contribution in [0.1, 0.15) is 255 Å². The topological polar surface area (TPSA) is 114 Å². The van der Waals surface area contributed by atoms with E-state index in [1.807, 2.05) is 12.1 Å². The van der Waals surface area contributed by atoms with Crippen molar-refractivity contribution in [1.82, 2.24) is 0 Å². The molecule has 0 aromatic heterocycles. The summed E-state index contributed by atoms with van der Waals surface area (Å²) in [5.74, 6) is 0. The van der Waals surface area contributed by atoms with Crippen molar-refractivity contribution in [3.8, 4) is 0 Å². The van der Waals surface area contributed by atoms with Gasteiger partial charge in [0.25, 0.3) is 0 Å². The van der Waals surface area contributed by atoms with E-state index in [2.05, 4.69) is 52.0 Å². The summed E-state index contributed by atoms with van der Waals surface area (Å²) in [7, 11) is -8.88. The average molecular weight is 1110 g/mol.